The topological polar surface area (TPSA) is 58.5 Å². The minimum atomic E-state index is 0.369. The van der Waals surface area contributed by atoms with Gasteiger partial charge in [-0.2, -0.15) is 0 Å². The Labute approximate surface area is 166 Å². The number of methoxy groups -OCH3 is 1. The van der Waals surface area contributed by atoms with Crippen LogP contribution in [0, 0.1) is 5.41 Å². The largest absolute Gasteiger partial charge is 0.385 e. The number of hydrogen-bond donors (Lipinski definition) is 2. The van der Waals surface area contributed by atoms with E-state index in [0.717, 1.165) is 48.3 Å². The molecule has 2 N–H and O–H groups in total. The van der Waals surface area contributed by atoms with Crippen molar-refractivity contribution in [2.45, 2.75) is 39.2 Å². The quantitative estimate of drug-likeness (QED) is 0.504. The molecule has 0 aliphatic heterocycles. The van der Waals surface area contributed by atoms with Gasteiger partial charge in [-0.15, -0.1) is 11.3 Å². The van der Waals surface area contributed by atoms with Crippen LogP contribution < -0.4 is 10.6 Å². The molecule has 0 atom stereocenters. The summed E-state index contributed by atoms with van der Waals surface area (Å²) >= 11 is 1.66. The van der Waals surface area contributed by atoms with Crippen LogP contribution in [0.2, 0.25) is 0 Å². The number of hydrogen-bond acceptors (Lipinski definition) is 4. The Hall–Kier alpha value is -1.92. The van der Waals surface area contributed by atoms with Gasteiger partial charge in [0, 0.05) is 37.7 Å². The first kappa shape index (κ1) is 19.8. The van der Waals surface area contributed by atoms with Gasteiger partial charge in [-0.05, 0) is 31.6 Å². The molecule has 1 saturated carbocycles. The van der Waals surface area contributed by atoms with E-state index in [0.29, 0.717) is 12.0 Å². The van der Waals surface area contributed by atoms with Crippen molar-refractivity contribution in [2.75, 3.05) is 26.8 Å². The van der Waals surface area contributed by atoms with Crippen molar-refractivity contribution in [3.05, 3.63) is 40.7 Å². The lowest BCUT2D eigenvalue weighted by molar-refractivity contribution is 0.0732. The third kappa shape index (κ3) is 5.53. The molecule has 1 fully saturated rings. The number of nitrogens with one attached hydrogen (secondary N) is 2. The third-order valence-electron chi connectivity index (χ3n) is 5.22. The molecule has 1 aromatic carbocycles. The highest BCUT2D eigenvalue weighted by atomic mass is 32.1. The first-order chi connectivity index (χ1) is 13.2. The number of thiazole rings is 1. The van der Waals surface area contributed by atoms with Crippen molar-refractivity contribution in [1.82, 2.24) is 15.6 Å². The molecule has 0 radical (unpaired) electrons. The molecule has 27 heavy (non-hydrogen) atoms. The molecule has 0 saturated heterocycles. The molecule has 0 unspecified atom stereocenters. The Kier molecular flexibility index (Phi) is 7.24. The standard InChI is InChI=1S/C21H30N4OS/c1-3-22-20(24-16-21(10-7-11-21)12-13-26-2)23-14-19-25-18(15-27-19)17-8-5-4-6-9-17/h4-6,8-9,15H,3,7,10-14,16H2,1-2H3,(H2,22,23,24). The fourth-order valence-corrected chi connectivity index (χ4v) is 4.12. The number of guanidine groups is 1. The highest BCUT2D eigenvalue weighted by Gasteiger charge is 2.36. The van der Waals surface area contributed by atoms with Gasteiger partial charge in [0.25, 0.3) is 0 Å². The highest BCUT2D eigenvalue weighted by Crippen LogP contribution is 2.43. The summed E-state index contributed by atoms with van der Waals surface area (Å²) < 4.78 is 5.29. The average Bonchev–Trinajstić information content (AvgIpc) is 3.14. The van der Waals surface area contributed by atoms with Crippen LogP contribution in [0.5, 0.6) is 0 Å². The van der Waals surface area contributed by atoms with Crippen LogP contribution in [0.25, 0.3) is 11.3 Å². The van der Waals surface area contributed by atoms with Crippen molar-refractivity contribution in [3.63, 3.8) is 0 Å². The molecule has 6 heteroatoms. The van der Waals surface area contributed by atoms with E-state index in [9.17, 15) is 0 Å². The lowest BCUT2D eigenvalue weighted by Gasteiger charge is -2.42. The zero-order valence-electron chi connectivity index (χ0n) is 16.3. The fraction of sp³-hybridized carbons (Fsp3) is 0.524. The van der Waals surface area contributed by atoms with Crippen molar-refractivity contribution < 1.29 is 4.74 Å². The zero-order valence-corrected chi connectivity index (χ0v) is 17.1. The van der Waals surface area contributed by atoms with Gasteiger partial charge in [-0.3, -0.25) is 0 Å². The highest BCUT2D eigenvalue weighted by molar-refractivity contribution is 7.09. The van der Waals surface area contributed by atoms with Gasteiger partial charge in [0.2, 0.25) is 0 Å². The van der Waals surface area contributed by atoms with Gasteiger partial charge in [0.1, 0.15) is 5.01 Å². The summed E-state index contributed by atoms with van der Waals surface area (Å²) in [6.07, 6.45) is 4.98. The molecule has 146 valence electrons. The number of aliphatic imine (C=N–C) groups is 1. The molecule has 0 spiro atoms. The molecule has 1 aromatic heterocycles. The number of rotatable bonds is 9. The molecule has 1 aliphatic carbocycles. The summed E-state index contributed by atoms with van der Waals surface area (Å²) in [5, 5.41) is 10.0. The first-order valence-electron chi connectivity index (χ1n) is 9.76. The lowest BCUT2D eigenvalue weighted by atomic mass is 9.67. The second kappa shape index (κ2) is 9.85. The number of benzene rings is 1. The van der Waals surface area contributed by atoms with Crippen LogP contribution in [0.1, 0.15) is 37.6 Å². The summed E-state index contributed by atoms with van der Waals surface area (Å²) in [7, 11) is 1.78. The lowest BCUT2D eigenvalue weighted by Crippen LogP contribution is -2.46. The maximum absolute atomic E-state index is 5.29. The van der Waals surface area contributed by atoms with Crippen molar-refractivity contribution in [1.29, 1.82) is 0 Å². The Balaban J connectivity index is 1.58. The van der Waals surface area contributed by atoms with E-state index >= 15 is 0 Å². The summed E-state index contributed by atoms with van der Waals surface area (Å²) in [4.78, 5) is 9.47. The van der Waals surface area contributed by atoms with E-state index in [2.05, 4.69) is 35.1 Å². The van der Waals surface area contributed by atoms with E-state index in [4.69, 9.17) is 14.7 Å². The van der Waals surface area contributed by atoms with Crippen LogP contribution in [-0.4, -0.2) is 37.7 Å². The van der Waals surface area contributed by atoms with E-state index < -0.39 is 0 Å². The molecule has 5 nitrogen and oxygen atoms in total. The van der Waals surface area contributed by atoms with Crippen LogP contribution >= 0.6 is 11.3 Å². The molecule has 1 aliphatic rings. The van der Waals surface area contributed by atoms with Crippen molar-refractivity contribution in [3.8, 4) is 11.3 Å². The summed E-state index contributed by atoms with van der Waals surface area (Å²) in [5.41, 5.74) is 2.55. The van der Waals surface area contributed by atoms with Crippen LogP contribution in [0.3, 0.4) is 0 Å². The van der Waals surface area contributed by atoms with Gasteiger partial charge < -0.3 is 15.4 Å². The van der Waals surface area contributed by atoms with Crippen molar-refractivity contribution in [2.24, 2.45) is 10.4 Å². The summed E-state index contributed by atoms with van der Waals surface area (Å²) in [6.45, 7) is 5.33. The average molecular weight is 387 g/mol. The molecule has 3 rings (SSSR count). The van der Waals surface area contributed by atoms with Gasteiger partial charge in [-0.1, -0.05) is 36.8 Å². The van der Waals surface area contributed by atoms with E-state index in [1.165, 1.54) is 19.3 Å². The molecule has 0 amide bonds. The number of ether oxygens (including phenoxy) is 1. The van der Waals surface area contributed by atoms with E-state index in [1.807, 2.05) is 18.2 Å². The van der Waals surface area contributed by atoms with Gasteiger partial charge >= 0.3 is 0 Å². The SMILES string of the molecule is CCNC(=NCc1nc(-c2ccccc2)cs1)NCC1(CCOC)CCC1. The third-order valence-corrected chi connectivity index (χ3v) is 6.05. The van der Waals surface area contributed by atoms with Crippen LogP contribution in [0.4, 0.5) is 0 Å². The van der Waals surface area contributed by atoms with Crippen LogP contribution in [-0.2, 0) is 11.3 Å². The normalized spacial score (nSPS) is 16.0. The monoisotopic (exact) mass is 386 g/mol. The summed E-state index contributed by atoms with van der Waals surface area (Å²) in [5.74, 6) is 0.873. The fourth-order valence-electron chi connectivity index (χ4n) is 3.40. The minimum Gasteiger partial charge on any atom is -0.385 e. The second-order valence-electron chi connectivity index (χ2n) is 7.14. The number of aromatic nitrogens is 1. The van der Waals surface area contributed by atoms with Crippen LogP contribution in [0.15, 0.2) is 40.7 Å². The molecular formula is C21H30N4OS. The minimum absolute atomic E-state index is 0.369. The predicted octanol–water partition coefficient (Wildman–Crippen LogP) is 4.07. The Morgan fingerprint density at radius 2 is 2.07 bits per heavy atom. The van der Waals surface area contributed by atoms with Gasteiger partial charge in [0.15, 0.2) is 5.96 Å². The predicted molar refractivity (Wildman–Crippen MR) is 113 cm³/mol. The summed E-state index contributed by atoms with van der Waals surface area (Å²) in [6, 6.07) is 10.3. The van der Waals surface area contributed by atoms with E-state index in [-0.39, 0.29) is 0 Å². The van der Waals surface area contributed by atoms with E-state index in [1.54, 1.807) is 18.4 Å². The van der Waals surface area contributed by atoms with Gasteiger partial charge in [0.05, 0.1) is 12.2 Å². The molecule has 1 heterocycles. The number of nitrogens with zero attached hydrogens (tertiary/aromatic N) is 2. The Morgan fingerprint density at radius 3 is 2.74 bits per heavy atom. The zero-order chi connectivity index (χ0) is 19.0. The Bertz CT molecular complexity index is 725. The van der Waals surface area contributed by atoms with Gasteiger partial charge in [-0.25, -0.2) is 9.98 Å². The maximum Gasteiger partial charge on any atom is 0.191 e. The first-order valence-corrected chi connectivity index (χ1v) is 10.6. The van der Waals surface area contributed by atoms with Crippen molar-refractivity contribution >= 4 is 17.3 Å². The second-order valence-corrected chi connectivity index (χ2v) is 8.08. The molecule has 0 bridgehead atoms. The maximum atomic E-state index is 5.29. The Morgan fingerprint density at radius 1 is 1.26 bits per heavy atom. The molecular weight excluding hydrogens is 356 g/mol. The smallest absolute Gasteiger partial charge is 0.191 e. The molecule has 2 aromatic rings.